The number of carbonyl (C=O) groups excluding carboxylic acids is 1. The minimum absolute atomic E-state index is 0.0437. The second-order valence-electron chi connectivity index (χ2n) is 4.62. The first kappa shape index (κ1) is 13.0. The minimum atomic E-state index is -0.539. The fourth-order valence-corrected chi connectivity index (χ4v) is 1.19. The SMILES string of the molecule is CC(C)(C)OC(=O)Nc1cccc(C(=N)N)c1. The predicted molar refractivity (Wildman–Crippen MR) is 67.3 cm³/mol. The van der Waals surface area contributed by atoms with Crippen LogP contribution in [0.2, 0.25) is 0 Å². The van der Waals surface area contributed by atoms with Gasteiger partial charge in [0.2, 0.25) is 0 Å². The molecule has 0 unspecified atom stereocenters. The molecule has 1 aromatic rings. The predicted octanol–water partition coefficient (Wildman–Crippen LogP) is 2.32. The van der Waals surface area contributed by atoms with Gasteiger partial charge in [0.15, 0.2) is 0 Å². The fourth-order valence-electron chi connectivity index (χ4n) is 1.19. The van der Waals surface area contributed by atoms with Gasteiger partial charge in [-0.2, -0.15) is 0 Å². The summed E-state index contributed by atoms with van der Waals surface area (Å²) in [5, 5.41) is 9.87. The molecule has 0 radical (unpaired) electrons. The summed E-state index contributed by atoms with van der Waals surface area (Å²) < 4.78 is 5.11. The van der Waals surface area contributed by atoms with Crippen molar-refractivity contribution in [1.29, 1.82) is 5.41 Å². The Labute approximate surface area is 100 Å². The van der Waals surface area contributed by atoms with Crippen LogP contribution in [0.5, 0.6) is 0 Å². The Balaban J connectivity index is 2.72. The highest BCUT2D eigenvalue weighted by Gasteiger charge is 2.16. The molecule has 0 atom stereocenters. The van der Waals surface area contributed by atoms with Crippen LogP contribution in [0.4, 0.5) is 10.5 Å². The molecular formula is C12H17N3O2. The number of nitrogens with one attached hydrogen (secondary N) is 2. The number of nitrogens with two attached hydrogens (primary N) is 1. The Kier molecular flexibility index (Phi) is 3.73. The van der Waals surface area contributed by atoms with Crippen LogP contribution >= 0.6 is 0 Å². The van der Waals surface area contributed by atoms with Crippen LogP contribution in [0.3, 0.4) is 0 Å². The van der Waals surface area contributed by atoms with Gasteiger partial charge in [0.05, 0.1) is 0 Å². The summed E-state index contributed by atoms with van der Waals surface area (Å²) in [6.07, 6.45) is -0.529. The smallest absolute Gasteiger partial charge is 0.412 e. The zero-order valence-electron chi connectivity index (χ0n) is 10.2. The molecule has 0 fully saturated rings. The van der Waals surface area contributed by atoms with E-state index in [9.17, 15) is 4.79 Å². The maximum atomic E-state index is 11.5. The lowest BCUT2D eigenvalue weighted by molar-refractivity contribution is 0.0636. The second-order valence-corrected chi connectivity index (χ2v) is 4.62. The standard InChI is InChI=1S/C12H17N3O2/c1-12(2,3)17-11(16)15-9-6-4-5-8(7-9)10(13)14/h4-7H,1-3H3,(H3,13,14)(H,15,16). The van der Waals surface area contributed by atoms with Crippen molar-refractivity contribution in [3.63, 3.8) is 0 Å². The first-order valence-corrected chi connectivity index (χ1v) is 5.22. The van der Waals surface area contributed by atoms with E-state index in [4.69, 9.17) is 15.9 Å². The average molecular weight is 235 g/mol. The van der Waals surface area contributed by atoms with Crippen LogP contribution in [-0.2, 0) is 4.74 Å². The molecule has 1 rings (SSSR count). The van der Waals surface area contributed by atoms with Crippen LogP contribution in [0.1, 0.15) is 26.3 Å². The molecule has 1 amide bonds. The van der Waals surface area contributed by atoms with Gasteiger partial charge >= 0.3 is 6.09 Å². The summed E-state index contributed by atoms with van der Waals surface area (Å²) in [5.41, 5.74) is 5.92. The number of ether oxygens (including phenoxy) is 1. The third kappa shape index (κ3) is 4.55. The minimum Gasteiger partial charge on any atom is -0.444 e. The molecule has 5 nitrogen and oxygen atoms in total. The summed E-state index contributed by atoms with van der Waals surface area (Å²) in [7, 11) is 0. The molecule has 0 spiro atoms. The monoisotopic (exact) mass is 235 g/mol. The fraction of sp³-hybridized carbons (Fsp3) is 0.333. The number of rotatable bonds is 2. The largest absolute Gasteiger partial charge is 0.444 e. The maximum absolute atomic E-state index is 11.5. The number of hydrogen-bond donors (Lipinski definition) is 3. The molecule has 92 valence electrons. The van der Waals surface area contributed by atoms with Crippen molar-refractivity contribution < 1.29 is 9.53 Å². The Bertz CT molecular complexity index is 436. The van der Waals surface area contributed by atoms with Gasteiger partial charge in [-0.1, -0.05) is 12.1 Å². The quantitative estimate of drug-likeness (QED) is 0.543. The molecule has 0 saturated carbocycles. The third-order valence-corrected chi connectivity index (χ3v) is 1.82. The van der Waals surface area contributed by atoms with Crippen molar-refractivity contribution in [2.24, 2.45) is 5.73 Å². The van der Waals surface area contributed by atoms with Gasteiger partial charge in [-0.05, 0) is 32.9 Å². The highest BCUT2D eigenvalue weighted by Crippen LogP contribution is 2.13. The lowest BCUT2D eigenvalue weighted by Gasteiger charge is -2.19. The molecule has 0 aliphatic heterocycles. The van der Waals surface area contributed by atoms with Crippen LogP contribution in [0, 0.1) is 5.41 Å². The molecule has 0 aromatic heterocycles. The molecule has 0 aliphatic rings. The first-order chi connectivity index (χ1) is 7.78. The van der Waals surface area contributed by atoms with Gasteiger partial charge < -0.3 is 10.5 Å². The first-order valence-electron chi connectivity index (χ1n) is 5.22. The van der Waals surface area contributed by atoms with Crippen LogP contribution in [0.15, 0.2) is 24.3 Å². The van der Waals surface area contributed by atoms with E-state index in [1.54, 1.807) is 45.0 Å². The van der Waals surface area contributed by atoms with Crippen molar-refractivity contribution in [2.45, 2.75) is 26.4 Å². The average Bonchev–Trinajstić information content (AvgIpc) is 2.14. The number of nitrogen functional groups attached to an aromatic ring is 1. The lowest BCUT2D eigenvalue weighted by atomic mass is 10.2. The summed E-state index contributed by atoms with van der Waals surface area (Å²) in [6, 6.07) is 6.73. The van der Waals surface area contributed by atoms with Gasteiger partial charge in [0.25, 0.3) is 0 Å². The van der Waals surface area contributed by atoms with E-state index < -0.39 is 11.7 Å². The van der Waals surface area contributed by atoms with Gasteiger partial charge in [0, 0.05) is 11.3 Å². The maximum Gasteiger partial charge on any atom is 0.412 e. The van der Waals surface area contributed by atoms with E-state index >= 15 is 0 Å². The molecule has 17 heavy (non-hydrogen) atoms. The Hall–Kier alpha value is -2.04. The molecular weight excluding hydrogens is 218 g/mol. The summed E-state index contributed by atoms with van der Waals surface area (Å²) in [6.45, 7) is 5.37. The summed E-state index contributed by atoms with van der Waals surface area (Å²) in [5.74, 6) is -0.0437. The van der Waals surface area contributed by atoms with E-state index in [1.165, 1.54) is 0 Å². The Morgan fingerprint density at radius 1 is 1.41 bits per heavy atom. The topological polar surface area (TPSA) is 88.2 Å². The molecule has 0 aliphatic carbocycles. The van der Waals surface area contributed by atoms with E-state index in [2.05, 4.69) is 5.32 Å². The number of amides is 1. The number of benzene rings is 1. The van der Waals surface area contributed by atoms with E-state index in [0.717, 1.165) is 0 Å². The van der Waals surface area contributed by atoms with Gasteiger partial charge in [-0.15, -0.1) is 0 Å². The highest BCUT2D eigenvalue weighted by atomic mass is 16.6. The van der Waals surface area contributed by atoms with Crippen LogP contribution < -0.4 is 11.1 Å². The Morgan fingerprint density at radius 2 is 2.06 bits per heavy atom. The Morgan fingerprint density at radius 3 is 2.59 bits per heavy atom. The summed E-state index contributed by atoms with van der Waals surface area (Å²) in [4.78, 5) is 11.5. The molecule has 5 heteroatoms. The number of anilines is 1. The van der Waals surface area contributed by atoms with Crippen molar-refractivity contribution in [2.75, 3.05) is 5.32 Å². The number of amidine groups is 1. The summed E-state index contributed by atoms with van der Waals surface area (Å²) >= 11 is 0. The molecule has 4 N–H and O–H groups in total. The van der Waals surface area contributed by atoms with Gasteiger partial charge in [-0.3, -0.25) is 10.7 Å². The van der Waals surface area contributed by atoms with Crippen molar-refractivity contribution in [3.05, 3.63) is 29.8 Å². The zero-order valence-corrected chi connectivity index (χ0v) is 10.2. The van der Waals surface area contributed by atoms with Crippen molar-refractivity contribution in [1.82, 2.24) is 0 Å². The molecule has 0 bridgehead atoms. The number of carbonyl (C=O) groups is 1. The number of hydrogen-bond acceptors (Lipinski definition) is 3. The highest BCUT2D eigenvalue weighted by molar-refractivity contribution is 5.96. The molecule has 0 heterocycles. The van der Waals surface area contributed by atoms with Crippen LogP contribution in [-0.4, -0.2) is 17.5 Å². The zero-order chi connectivity index (χ0) is 13.1. The second kappa shape index (κ2) is 4.86. The molecule has 1 aromatic carbocycles. The van der Waals surface area contributed by atoms with Gasteiger partial charge in [-0.25, -0.2) is 4.79 Å². The van der Waals surface area contributed by atoms with Crippen molar-refractivity contribution in [3.8, 4) is 0 Å². The third-order valence-electron chi connectivity index (χ3n) is 1.82. The van der Waals surface area contributed by atoms with Gasteiger partial charge in [0.1, 0.15) is 11.4 Å². The normalized spacial score (nSPS) is 10.8. The van der Waals surface area contributed by atoms with Crippen molar-refractivity contribution >= 4 is 17.6 Å². The van der Waals surface area contributed by atoms with E-state index in [1.807, 2.05) is 0 Å². The lowest BCUT2D eigenvalue weighted by Crippen LogP contribution is -2.27. The molecule has 0 saturated heterocycles. The van der Waals surface area contributed by atoms with Crippen LogP contribution in [0.25, 0.3) is 0 Å². The van der Waals surface area contributed by atoms with E-state index in [0.29, 0.717) is 11.3 Å². The van der Waals surface area contributed by atoms with E-state index in [-0.39, 0.29) is 5.84 Å².